The molecule has 0 fully saturated rings. The molecule has 1 unspecified atom stereocenters. The maximum Gasteiger partial charge on any atom is 0.307 e. The van der Waals surface area contributed by atoms with Crippen molar-refractivity contribution in [3.63, 3.8) is 0 Å². The third-order valence-electron chi connectivity index (χ3n) is 2.11. The van der Waals surface area contributed by atoms with Crippen LogP contribution in [-0.4, -0.2) is 73.9 Å². The number of aliphatic hydroxyl groups is 6. The molecule has 0 rings (SSSR count). The first kappa shape index (κ1) is 16.2. The number of hydrogen-bond acceptors (Lipinski definition) is 8. The highest BCUT2D eigenvalue weighted by Gasteiger charge is 2.35. The van der Waals surface area contributed by atoms with Crippen molar-refractivity contribution in [2.24, 2.45) is 0 Å². The Hall–Kier alpha value is -0.770. The average molecular weight is 254 g/mol. The molecule has 8 nitrogen and oxygen atoms in total. The van der Waals surface area contributed by atoms with Gasteiger partial charge in [-0.2, -0.15) is 0 Å². The van der Waals surface area contributed by atoms with Crippen molar-refractivity contribution in [3.05, 3.63) is 0 Å². The van der Waals surface area contributed by atoms with Gasteiger partial charge in [0, 0.05) is 6.42 Å². The van der Waals surface area contributed by atoms with Gasteiger partial charge in [-0.15, -0.1) is 0 Å². The van der Waals surface area contributed by atoms with Crippen LogP contribution in [0.2, 0.25) is 0 Å². The SMILES string of the molecule is CCC(=O)OC(O)[C@H](O)[C@H](O)[C@H](O)[C@@H](O)CO. The summed E-state index contributed by atoms with van der Waals surface area (Å²) in [6.45, 7) is 0.623. The summed E-state index contributed by atoms with van der Waals surface area (Å²) in [5.74, 6) is -0.805. The quantitative estimate of drug-likeness (QED) is 0.204. The first-order valence-corrected chi connectivity index (χ1v) is 5.05. The van der Waals surface area contributed by atoms with Crippen LogP contribution in [0.5, 0.6) is 0 Å². The van der Waals surface area contributed by atoms with Gasteiger partial charge in [0.15, 0.2) is 0 Å². The van der Waals surface area contributed by atoms with Gasteiger partial charge in [-0.1, -0.05) is 6.92 Å². The molecule has 102 valence electrons. The minimum Gasteiger partial charge on any atom is -0.433 e. The van der Waals surface area contributed by atoms with E-state index in [2.05, 4.69) is 4.74 Å². The van der Waals surface area contributed by atoms with E-state index in [-0.39, 0.29) is 6.42 Å². The fourth-order valence-electron chi connectivity index (χ4n) is 0.994. The lowest BCUT2D eigenvalue weighted by Crippen LogP contribution is -2.50. The number of aliphatic hydroxyl groups excluding tert-OH is 6. The summed E-state index contributed by atoms with van der Waals surface area (Å²) in [6, 6.07) is 0. The Bertz CT molecular complexity index is 233. The lowest BCUT2D eigenvalue weighted by Gasteiger charge is -2.27. The zero-order valence-electron chi connectivity index (χ0n) is 9.30. The summed E-state index contributed by atoms with van der Waals surface area (Å²) in [7, 11) is 0. The summed E-state index contributed by atoms with van der Waals surface area (Å²) in [4.78, 5) is 10.8. The normalized spacial score (nSPS) is 20.2. The molecule has 0 aliphatic heterocycles. The van der Waals surface area contributed by atoms with Gasteiger partial charge in [-0.3, -0.25) is 4.79 Å². The third kappa shape index (κ3) is 4.94. The molecule has 0 aromatic carbocycles. The smallest absolute Gasteiger partial charge is 0.307 e. The number of ether oxygens (including phenoxy) is 1. The molecule has 0 saturated heterocycles. The molecule has 0 aromatic heterocycles. The molecule has 0 aromatic rings. The van der Waals surface area contributed by atoms with Gasteiger partial charge in [-0.25, -0.2) is 0 Å². The second-order valence-electron chi connectivity index (χ2n) is 3.46. The van der Waals surface area contributed by atoms with Gasteiger partial charge in [0.05, 0.1) is 6.61 Å². The van der Waals surface area contributed by atoms with Crippen LogP contribution in [0.3, 0.4) is 0 Å². The Balaban J connectivity index is 4.37. The monoisotopic (exact) mass is 254 g/mol. The molecule has 6 N–H and O–H groups in total. The van der Waals surface area contributed by atoms with Crippen LogP contribution in [0.25, 0.3) is 0 Å². The molecule has 0 spiro atoms. The first-order valence-electron chi connectivity index (χ1n) is 5.05. The Morgan fingerprint density at radius 2 is 1.59 bits per heavy atom. The van der Waals surface area contributed by atoms with E-state index in [9.17, 15) is 25.2 Å². The molecule has 0 heterocycles. The van der Waals surface area contributed by atoms with E-state index in [4.69, 9.17) is 10.2 Å². The highest BCUT2D eigenvalue weighted by atomic mass is 16.6. The van der Waals surface area contributed by atoms with E-state index in [1.54, 1.807) is 0 Å². The van der Waals surface area contributed by atoms with Gasteiger partial charge in [0.25, 0.3) is 0 Å². The number of carbonyl (C=O) groups is 1. The number of esters is 1. The fourth-order valence-corrected chi connectivity index (χ4v) is 0.994. The van der Waals surface area contributed by atoms with Crippen LogP contribution >= 0.6 is 0 Å². The lowest BCUT2D eigenvalue weighted by molar-refractivity contribution is -0.213. The number of rotatable bonds is 7. The van der Waals surface area contributed by atoms with E-state index < -0.39 is 43.3 Å². The first-order chi connectivity index (χ1) is 7.84. The van der Waals surface area contributed by atoms with Crippen LogP contribution < -0.4 is 0 Å². The molecule has 0 aliphatic carbocycles. The van der Waals surface area contributed by atoms with Gasteiger partial charge in [-0.05, 0) is 0 Å². The Morgan fingerprint density at radius 3 is 2.00 bits per heavy atom. The zero-order valence-corrected chi connectivity index (χ0v) is 9.30. The summed E-state index contributed by atoms with van der Waals surface area (Å²) in [6.07, 6.45) is -9.61. The molecule has 0 aliphatic rings. The van der Waals surface area contributed by atoms with Crippen LogP contribution in [0.15, 0.2) is 0 Å². The molecule has 17 heavy (non-hydrogen) atoms. The van der Waals surface area contributed by atoms with E-state index in [0.29, 0.717) is 0 Å². The third-order valence-corrected chi connectivity index (χ3v) is 2.11. The van der Waals surface area contributed by atoms with Gasteiger partial charge < -0.3 is 35.4 Å². The highest BCUT2D eigenvalue weighted by Crippen LogP contribution is 2.09. The number of hydrogen-bond donors (Lipinski definition) is 6. The predicted octanol–water partition coefficient (Wildman–Crippen LogP) is -3.31. The largest absolute Gasteiger partial charge is 0.433 e. The Morgan fingerprint density at radius 1 is 1.06 bits per heavy atom. The molecule has 0 radical (unpaired) electrons. The second-order valence-corrected chi connectivity index (χ2v) is 3.46. The molecule has 8 heteroatoms. The van der Waals surface area contributed by atoms with E-state index in [1.165, 1.54) is 6.92 Å². The van der Waals surface area contributed by atoms with Crippen LogP contribution in [0.4, 0.5) is 0 Å². The summed E-state index contributed by atoms with van der Waals surface area (Å²) >= 11 is 0. The minimum absolute atomic E-state index is 0.0400. The van der Waals surface area contributed by atoms with Crippen molar-refractivity contribution in [3.8, 4) is 0 Å². The fraction of sp³-hybridized carbons (Fsp3) is 0.889. The Kier molecular flexibility index (Phi) is 7.19. The number of carbonyl (C=O) groups excluding carboxylic acids is 1. The van der Waals surface area contributed by atoms with Crippen LogP contribution in [0.1, 0.15) is 13.3 Å². The molecule has 0 bridgehead atoms. The molecule has 0 saturated carbocycles. The van der Waals surface area contributed by atoms with Crippen molar-refractivity contribution in [1.29, 1.82) is 0 Å². The van der Waals surface area contributed by atoms with E-state index in [0.717, 1.165) is 0 Å². The highest BCUT2D eigenvalue weighted by molar-refractivity contribution is 5.68. The maximum atomic E-state index is 10.8. The topological polar surface area (TPSA) is 148 Å². The second kappa shape index (κ2) is 7.54. The summed E-state index contributed by atoms with van der Waals surface area (Å²) in [5.41, 5.74) is 0. The average Bonchev–Trinajstić information content (AvgIpc) is 2.34. The van der Waals surface area contributed by atoms with Gasteiger partial charge in [0.2, 0.25) is 6.29 Å². The maximum absolute atomic E-state index is 10.8. The minimum atomic E-state index is -2.03. The zero-order chi connectivity index (χ0) is 13.6. The van der Waals surface area contributed by atoms with Crippen LogP contribution in [0, 0.1) is 0 Å². The van der Waals surface area contributed by atoms with Crippen molar-refractivity contribution in [2.75, 3.05) is 6.61 Å². The van der Waals surface area contributed by atoms with Crippen molar-refractivity contribution in [1.82, 2.24) is 0 Å². The predicted molar refractivity (Wildman–Crippen MR) is 53.5 cm³/mol. The molecule has 0 amide bonds. The van der Waals surface area contributed by atoms with Crippen molar-refractivity contribution in [2.45, 2.75) is 44.1 Å². The molecular weight excluding hydrogens is 236 g/mol. The molecular formula is C9H18O8. The van der Waals surface area contributed by atoms with Crippen molar-refractivity contribution < 1.29 is 40.2 Å². The standard InChI is InChI=1S/C9H18O8/c1-2-5(12)17-9(16)8(15)7(14)6(13)4(11)3-10/h4,6-11,13-16H,2-3H2,1H3/t4-,6+,7+,8+,9?/m0/s1. The summed E-state index contributed by atoms with van der Waals surface area (Å²) in [5, 5.41) is 54.5. The Labute approximate surface area is 97.7 Å². The van der Waals surface area contributed by atoms with E-state index in [1.807, 2.05) is 0 Å². The lowest BCUT2D eigenvalue weighted by atomic mass is 10.0. The molecule has 5 atom stereocenters. The van der Waals surface area contributed by atoms with Crippen molar-refractivity contribution >= 4 is 5.97 Å². The van der Waals surface area contributed by atoms with Crippen LogP contribution in [-0.2, 0) is 9.53 Å². The van der Waals surface area contributed by atoms with E-state index >= 15 is 0 Å². The van der Waals surface area contributed by atoms with Gasteiger partial charge in [0.1, 0.15) is 24.4 Å². The summed E-state index contributed by atoms with van der Waals surface area (Å²) < 4.78 is 4.30. The van der Waals surface area contributed by atoms with Gasteiger partial charge >= 0.3 is 5.97 Å².